The average Bonchev–Trinajstić information content (AvgIpc) is 2.74. The number of rotatable bonds is 7. The van der Waals surface area contributed by atoms with Crippen molar-refractivity contribution in [3.63, 3.8) is 0 Å². The van der Waals surface area contributed by atoms with Crippen molar-refractivity contribution in [1.29, 1.82) is 0 Å². The number of aliphatic carboxylic acids is 1. The zero-order valence-corrected chi connectivity index (χ0v) is 16.6. The quantitative estimate of drug-likeness (QED) is 0.785. The number of carbonyl (C=O) groups is 1. The van der Waals surface area contributed by atoms with Gasteiger partial charge in [-0.05, 0) is 55.8 Å². The van der Waals surface area contributed by atoms with Gasteiger partial charge in [0.1, 0.15) is 17.2 Å². The van der Waals surface area contributed by atoms with Crippen LogP contribution in [0, 0.1) is 5.92 Å². The first-order chi connectivity index (χ1) is 13.6. The summed E-state index contributed by atoms with van der Waals surface area (Å²) >= 11 is 0. The van der Waals surface area contributed by atoms with Gasteiger partial charge < -0.3 is 19.3 Å². The van der Waals surface area contributed by atoms with E-state index in [0.29, 0.717) is 25.9 Å². The van der Waals surface area contributed by atoms with Gasteiger partial charge in [0, 0.05) is 11.6 Å². The van der Waals surface area contributed by atoms with Crippen LogP contribution < -0.4 is 14.2 Å². The molecule has 1 atom stereocenters. The molecule has 0 aliphatic carbocycles. The lowest BCUT2D eigenvalue weighted by Crippen LogP contribution is -2.39. The highest BCUT2D eigenvalue weighted by molar-refractivity contribution is 5.70. The summed E-state index contributed by atoms with van der Waals surface area (Å²) in [5, 5.41) is 9.34. The molecule has 1 aliphatic rings. The van der Waals surface area contributed by atoms with Gasteiger partial charge in [0.25, 0.3) is 0 Å². The number of piperidine rings is 1. The Hall–Kier alpha value is -2.73. The monoisotopic (exact) mass is 385 g/mol. The lowest BCUT2D eigenvalue weighted by molar-refractivity contribution is -0.143. The number of carboxylic acid groups (broad SMARTS) is 1. The third-order valence-electron chi connectivity index (χ3n) is 5.39. The van der Waals surface area contributed by atoms with Gasteiger partial charge in [0.15, 0.2) is 0 Å². The Morgan fingerprint density at radius 1 is 1.00 bits per heavy atom. The van der Waals surface area contributed by atoms with E-state index in [-0.39, 0.29) is 12.0 Å². The number of methoxy groups -OCH3 is 3. The zero-order chi connectivity index (χ0) is 20.1. The molecule has 6 heteroatoms. The molecule has 0 aromatic heterocycles. The molecule has 28 heavy (non-hydrogen) atoms. The SMILES string of the molecule is COc1cccc(C(c2ccc(OC)cc2OC)N2CCC(C(=O)O)CC2)c1. The molecule has 1 unspecified atom stereocenters. The molecule has 1 heterocycles. The third kappa shape index (κ3) is 4.22. The van der Waals surface area contributed by atoms with Crippen molar-refractivity contribution in [2.75, 3.05) is 34.4 Å². The molecule has 0 spiro atoms. The normalized spacial score (nSPS) is 16.4. The van der Waals surface area contributed by atoms with Crippen LogP contribution in [-0.2, 0) is 4.79 Å². The van der Waals surface area contributed by atoms with Crippen molar-refractivity contribution in [2.45, 2.75) is 18.9 Å². The van der Waals surface area contributed by atoms with Crippen molar-refractivity contribution in [3.05, 3.63) is 53.6 Å². The maximum Gasteiger partial charge on any atom is 0.306 e. The lowest BCUT2D eigenvalue weighted by Gasteiger charge is -2.37. The molecule has 1 saturated heterocycles. The van der Waals surface area contributed by atoms with Crippen LogP contribution in [0.3, 0.4) is 0 Å². The molecule has 0 bridgehead atoms. The number of hydrogen-bond acceptors (Lipinski definition) is 5. The summed E-state index contributed by atoms with van der Waals surface area (Å²) in [6.45, 7) is 1.40. The third-order valence-corrected chi connectivity index (χ3v) is 5.39. The Labute approximate surface area is 165 Å². The predicted molar refractivity (Wildman–Crippen MR) is 106 cm³/mol. The number of nitrogens with zero attached hydrogens (tertiary/aromatic N) is 1. The van der Waals surface area contributed by atoms with E-state index in [1.54, 1.807) is 21.3 Å². The Bertz CT molecular complexity index is 814. The van der Waals surface area contributed by atoms with E-state index in [9.17, 15) is 9.90 Å². The molecular formula is C22H27NO5. The largest absolute Gasteiger partial charge is 0.497 e. The van der Waals surface area contributed by atoms with Gasteiger partial charge in [-0.3, -0.25) is 9.69 Å². The summed E-state index contributed by atoms with van der Waals surface area (Å²) in [5.74, 6) is 1.28. The first kappa shape index (κ1) is 20.0. The lowest BCUT2D eigenvalue weighted by atomic mass is 9.90. The first-order valence-corrected chi connectivity index (χ1v) is 9.40. The molecule has 2 aromatic carbocycles. The Morgan fingerprint density at radius 2 is 1.68 bits per heavy atom. The van der Waals surface area contributed by atoms with E-state index in [2.05, 4.69) is 11.0 Å². The number of hydrogen-bond donors (Lipinski definition) is 1. The van der Waals surface area contributed by atoms with Crippen LogP contribution in [0.2, 0.25) is 0 Å². The molecule has 2 aromatic rings. The standard InChI is InChI=1S/C22H27NO5/c1-26-17-6-4-5-16(13-17)21(23-11-9-15(10-12-23)22(24)25)19-8-7-18(27-2)14-20(19)28-3/h4-8,13-15,21H,9-12H2,1-3H3,(H,24,25). The topological polar surface area (TPSA) is 68.2 Å². The Balaban J connectivity index is 2.01. The average molecular weight is 385 g/mol. The van der Waals surface area contributed by atoms with E-state index < -0.39 is 5.97 Å². The van der Waals surface area contributed by atoms with E-state index in [1.807, 2.05) is 36.4 Å². The summed E-state index contributed by atoms with van der Waals surface area (Å²) in [6.07, 6.45) is 1.27. The second kappa shape index (κ2) is 8.97. The maximum atomic E-state index is 11.4. The minimum absolute atomic E-state index is 0.0642. The molecule has 0 radical (unpaired) electrons. The molecule has 1 aliphatic heterocycles. The van der Waals surface area contributed by atoms with E-state index >= 15 is 0 Å². The van der Waals surface area contributed by atoms with E-state index in [1.165, 1.54) is 0 Å². The van der Waals surface area contributed by atoms with Gasteiger partial charge in [-0.15, -0.1) is 0 Å². The summed E-state index contributed by atoms with van der Waals surface area (Å²) in [5.41, 5.74) is 2.10. The number of carboxylic acids is 1. The summed E-state index contributed by atoms with van der Waals surface area (Å²) in [4.78, 5) is 13.7. The van der Waals surface area contributed by atoms with Gasteiger partial charge >= 0.3 is 5.97 Å². The number of likely N-dealkylation sites (tertiary alicyclic amines) is 1. The molecule has 3 rings (SSSR count). The van der Waals surface area contributed by atoms with Crippen molar-refractivity contribution >= 4 is 5.97 Å². The minimum Gasteiger partial charge on any atom is -0.497 e. The summed E-state index contributed by atoms with van der Waals surface area (Å²) < 4.78 is 16.4. The first-order valence-electron chi connectivity index (χ1n) is 9.40. The Morgan fingerprint density at radius 3 is 2.29 bits per heavy atom. The zero-order valence-electron chi connectivity index (χ0n) is 16.6. The fourth-order valence-corrected chi connectivity index (χ4v) is 3.85. The number of ether oxygens (including phenoxy) is 3. The van der Waals surface area contributed by atoms with Gasteiger partial charge in [-0.2, -0.15) is 0 Å². The van der Waals surface area contributed by atoms with Crippen LogP contribution in [0.15, 0.2) is 42.5 Å². The highest BCUT2D eigenvalue weighted by Crippen LogP contribution is 2.39. The summed E-state index contributed by atoms with van der Waals surface area (Å²) in [6, 6.07) is 13.7. The molecule has 0 amide bonds. The van der Waals surface area contributed by atoms with Gasteiger partial charge in [-0.1, -0.05) is 12.1 Å². The van der Waals surface area contributed by atoms with Crippen molar-refractivity contribution in [3.8, 4) is 17.2 Å². The highest BCUT2D eigenvalue weighted by Gasteiger charge is 2.31. The van der Waals surface area contributed by atoms with Gasteiger partial charge in [0.2, 0.25) is 0 Å². The van der Waals surface area contributed by atoms with Crippen LogP contribution in [0.5, 0.6) is 17.2 Å². The van der Waals surface area contributed by atoms with E-state index in [4.69, 9.17) is 14.2 Å². The van der Waals surface area contributed by atoms with Crippen molar-refractivity contribution in [2.24, 2.45) is 5.92 Å². The van der Waals surface area contributed by atoms with Crippen molar-refractivity contribution in [1.82, 2.24) is 4.90 Å². The Kier molecular flexibility index (Phi) is 6.41. The maximum absolute atomic E-state index is 11.4. The molecule has 1 fully saturated rings. The van der Waals surface area contributed by atoms with Crippen LogP contribution >= 0.6 is 0 Å². The van der Waals surface area contributed by atoms with Crippen LogP contribution in [0.4, 0.5) is 0 Å². The van der Waals surface area contributed by atoms with Crippen LogP contribution in [0.1, 0.15) is 30.0 Å². The second-order valence-corrected chi connectivity index (χ2v) is 6.94. The van der Waals surface area contributed by atoms with Gasteiger partial charge in [0.05, 0.1) is 33.3 Å². The van der Waals surface area contributed by atoms with Crippen LogP contribution in [-0.4, -0.2) is 50.4 Å². The predicted octanol–water partition coefficient (Wildman–Crippen LogP) is 3.60. The van der Waals surface area contributed by atoms with Crippen molar-refractivity contribution < 1.29 is 24.1 Å². The van der Waals surface area contributed by atoms with Gasteiger partial charge in [-0.25, -0.2) is 0 Å². The molecular weight excluding hydrogens is 358 g/mol. The second-order valence-electron chi connectivity index (χ2n) is 6.94. The van der Waals surface area contributed by atoms with E-state index in [0.717, 1.165) is 28.4 Å². The minimum atomic E-state index is -0.709. The fraction of sp³-hybridized carbons (Fsp3) is 0.409. The molecule has 150 valence electrons. The molecule has 0 saturated carbocycles. The molecule has 6 nitrogen and oxygen atoms in total. The smallest absolute Gasteiger partial charge is 0.306 e. The van der Waals surface area contributed by atoms with Crippen LogP contribution in [0.25, 0.3) is 0 Å². The number of benzene rings is 2. The highest BCUT2D eigenvalue weighted by atomic mass is 16.5. The summed E-state index contributed by atoms with van der Waals surface area (Å²) in [7, 11) is 4.93. The fourth-order valence-electron chi connectivity index (χ4n) is 3.85. The molecule has 1 N–H and O–H groups in total.